The summed E-state index contributed by atoms with van der Waals surface area (Å²) in [5.41, 5.74) is 2.82. The number of likely N-dealkylation sites (tertiary alicyclic amines) is 1. The van der Waals surface area contributed by atoms with E-state index in [2.05, 4.69) is 41.0 Å². The summed E-state index contributed by atoms with van der Waals surface area (Å²) < 4.78 is 14.0. The topological polar surface area (TPSA) is 26.8 Å². The van der Waals surface area contributed by atoms with Crippen molar-refractivity contribution in [3.63, 3.8) is 0 Å². The van der Waals surface area contributed by atoms with Crippen LogP contribution in [0.4, 0.5) is 10.1 Å². The third-order valence-corrected chi connectivity index (χ3v) is 6.07. The standard InChI is InChI=1S/C23H28FN3O/c1-18-7-2-5-11-22(18)26-15-13-25(14-16-26)19-8-6-12-27(17-19)23(28)20-9-3-4-10-21(20)24/h2-5,7,9-11,19H,6,8,12-17H2,1H3. The van der Waals surface area contributed by atoms with Crippen molar-refractivity contribution in [3.8, 4) is 0 Å². The summed E-state index contributed by atoms with van der Waals surface area (Å²) in [5.74, 6) is -0.609. The van der Waals surface area contributed by atoms with Gasteiger partial charge in [0.2, 0.25) is 0 Å². The molecule has 2 aromatic rings. The first kappa shape index (κ1) is 18.9. The van der Waals surface area contributed by atoms with Gasteiger partial charge in [0.1, 0.15) is 5.82 Å². The number of aryl methyl sites for hydroxylation is 1. The van der Waals surface area contributed by atoms with Crippen LogP contribution in [0.1, 0.15) is 28.8 Å². The molecular formula is C23H28FN3O. The first-order chi connectivity index (χ1) is 13.6. The van der Waals surface area contributed by atoms with Gasteiger partial charge in [0.05, 0.1) is 5.56 Å². The highest BCUT2D eigenvalue weighted by Crippen LogP contribution is 2.24. The van der Waals surface area contributed by atoms with E-state index in [1.165, 1.54) is 17.3 Å². The van der Waals surface area contributed by atoms with E-state index >= 15 is 0 Å². The van der Waals surface area contributed by atoms with Crippen LogP contribution >= 0.6 is 0 Å². The van der Waals surface area contributed by atoms with Crippen LogP contribution in [0.15, 0.2) is 48.5 Å². The van der Waals surface area contributed by atoms with E-state index in [-0.39, 0.29) is 11.5 Å². The minimum absolute atomic E-state index is 0.179. The van der Waals surface area contributed by atoms with Gasteiger partial charge in [-0.1, -0.05) is 30.3 Å². The molecule has 2 aliphatic rings. The molecule has 148 valence electrons. The molecule has 0 saturated carbocycles. The van der Waals surface area contributed by atoms with Crippen LogP contribution in [0.25, 0.3) is 0 Å². The molecule has 4 nitrogen and oxygen atoms in total. The molecule has 1 unspecified atom stereocenters. The molecule has 0 radical (unpaired) electrons. The van der Waals surface area contributed by atoms with Crippen LogP contribution in [0.5, 0.6) is 0 Å². The molecule has 2 fully saturated rings. The Morgan fingerprint density at radius 1 is 0.964 bits per heavy atom. The molecule has 0 aromatic heterocycles. The van der Waals surface area contributed by atoms with E-state index < -0.39 is 5.82 Å². The molecule has 4 rings (SSSR count). The third kappa shape index (κ3) is 3.90. The second kappa shape index (κ2) is 8.31. The number of carbonyl (C=O) groups excluding carboxylic acids is 1. The summed E-state index contributed by atoms with van der Waals surface area (Å²) in [5, 5.41) is 0. The van der Waals surface area contributed by atoms with Gasteiger partial charge in [-0.2, -0.15) is 0 Å². The Morgan fingerprint density at radius 2 is 1.68 bits per heavy atom. The predicted octanol–water partition coefficient (Wildman–Crippen LogP) is 3.56. The van der Waals surface area contributed by atoms with E-state index in [1.807, 2.05) is 4.90 Å². The average Bonchev–Trinajstić information content (AvgIpc) is 2.74. The van der Waals surface area contributed by atoms with Gasteiger partial charge in [0, 0.05) is 51.0 Å². The number of piperazine rings is 1. The normalized spacial score (nSPS) is 21.0. The Labute approximate surface area is 166 Å². The molecule has 2 aliphatic heterocycles. The monoisotopic (exact) mass is 381 g/mol. The highest BCUT2D eigenvalue weighted by atomic mass is 19.1. The number of halogens is 1. The maximum Gasteiger partial charge on any atom is 0.256 e. The number of piperidine rings is 1. The van der Waals surface area contributed by atoms with Crippen molar-refractivity contribution < 1.29 is 9.18 Å². The van der Waals surface area contributed by atoms with Crippen molar-refractivity contribution in [1.29, 1.82) is 0 Å². The van der Waals surface area contributed by atoms with Crippen LogP contribution in [-0.4, -0.2) is 61.0 Å². The fourth-order valence-corrected chi connectivity index (χ4v) is 4.49. The first-order valence-corrected chi connectivity index (χ1v) is 10.2. The highest BCUT2D eigenvalue weighted by Gasteiger charge is 2.31. The lowest BCUT2D eigenvalue weighted by Crippen LogP contribution is -2.56. The van der Waals surface area contributed by atoms with Crippen LogP contribution in [0.3, 0.4) is 0 Å². The third-order valence-electron chi connectivity index (χ3n) is 6.07. The Hall–Kier alpha value is -2.40. The zero-order chi connectivity index (χ0) is 19.5. The molecule has 0 aliphatic carbocycles. The average molecular weight is 381 g/mol. The molecule has 1 atom stereocenters. The quantitative estimate of drug-likeness (QED) is 0.813. The zero-order valence-corrected chi connectivity index (χ0v) is 16.5. The molecule has 0 bridgehead atoms. The number of anilines is 1. The minimum atomic E-state index is -0.429. The largest absolute Gasteiger partial charge is 0.369 e. The second-order valence-corrected chi connectivity index (χ2v) is 7.84. The van der Waals surface area contributed by atoms with Crippen molar-refractivity contribution in [2.24, 2.45) is 0 Å². The SMILES string of the molecule is Cc1ccccc1N1CCN(C2CCCN(C(=O)c3ccccc3F)C2)CC1. The fraction of sp³-hybridized carbons (Fsp3) is 0.435. The molecule has 2 heterocycles. The Bertz CT molecular complexity index is 832. The fourth-order valence-electron chi connectivity index (χ4n) is 4.49. The second-order valence-electron chi connectivity index (χ2n) is 7.84. The summed E-state index contributed by atoms with van der Waals surface area (Å²) in [6.45, 7) is 7.58. The Kier molecular flexibility index (Phi) is 5.62. The van der Waals surface area contributed by atoms with Crippen molar-refractivity contribution >= 4 is 11.6 Å². The van der Waals surface area contributed by atoms with Crippen molar-refractivity contribution in [1.82, 2.24) is 9.80 Å². The zero-order valence-electron chi connectivity index (χ0n) is 16.5. The first-order valence-electron chi connectivity index (χ1n) is 10.2. The van der Waals surface area contributed by atoms with E-state index in [4.69, 9.17) is 0 Å². The molecule has 0 N–H and O–H groups in total. The van der Waals surface area contributed by atoms with Crippen LogP contribution in [-0.2, 0) is 0 Å². The lowest BCUT2D eigenvalue weighted by Gasteiger charge is -2.44. The molecular weight excluding hydrogens is 353 g/mol. The maximum absolute atomic E-state index is 14.0. The van der Waals surface area contributed by atoms with Gasteiger partial charge in [0.15, 0.2) is 0 Å². The highest BCUT2D eigenvalue weighted by molar-refractivity contribution is 5.94. The van der Waals surface area contributed by atoms with Crippen LogP contribution in [0.2, 0.25) is 0 Å². The summed E-state index contributed by atoms with van der Waals surface area (Å²) in [6, 6.07) is 15.2. The molecule has 2 saturated heterocycles. The minimum Gasteiger partial charge on any atom is -0.369 e. The number of rotatable bonds is 3. The lowest BCUT2D eigenvalue weighted by atomic mass is 10.0. The van der Waals surface area contributed by atoms with Crippen molar-refractivity contribution in [2.75, 3.05) is 44.2 Å². The molecule has 5 heteroatoms. The Balaban J connectivity index is 1.37. The number of amides is 1. The number of hydrogen-bond donors (Lipinski definition) is 0. The van der Waals surface area contributed by atoms with Gasteiger partial charge in [0.25, 0.3) is 5.91 Å². The van der Waals surface area contributed by atoms with Gasteiger partial charge in [-0.05, 0) is 43.5 Å². The summed E-state index contributed by atoms with van der Waals surface area (Å²) in [6.07, 6.45) is 2.08. The number of benzene rings is 2. The number of carbonyl (C=O) groups is 1. The molecule has 1 amide bonds. The van der Waals surface area contributed by atoms with Gasteiger partial charge in [-0.3, -0.25) is 9.69 Å². The van der Waals surface area contributed by atoms with Crippen LogP contribution in [0, 0.1) is 12.7 Å². The Morgan fingerprint density at radius 3 is 2.43 bits per heavy atom. The molecule has 0 spiro atoms. The van der Waals surface area contributed by atoms with Crippen molar-refractivity contribution in [3.05, 3.63) is 65.5 Å². The summed E-state index contributed by atoms with van der Waals surface area (Å²) >= 11 is 0. The summed E-state index contributed by atoms with van der Waals surface area (Å²) in [7, 11) is 0. The van der Waals surface area contributed by atoms with Crippen molar-refractivity contribution in [2.45, 2.75) is 25.8 Å². The smallest absolute Gasteiger partial charge is 0.256 e. The van der Waals surface area contributed by atoms with E-state index in [0.29, 0.717) is 19.1 Å². The van der Waals surface area contributed by atoms with Crippen LogP contribution < -0.4 is 4.90 Å². The number of hydrogen-bond acceptors (Lipinski definition) is 3. The van der Waals surface area contributed by atoms with E-state index in [1.54, 1.807) is 18.2 Å². The van der Waals surface area contributed by atoms with Gasteiger partial charge < -0.3 is 9.80 Å². The predicted molar refractivity (Wildman–Crippen MR) is 110 cm³/mol. The molecule has 2 aromatic carbocycles. The number of nitrogens with zero attached hydrogens (tertiary/aromatic N) is 3. The van der Waals surface area contributed by atoms with Gasteiger partial charge >= 0.3 is 0 Å². The van der Waals surface area contributed by atoms with E-state index in [9.17, 15) is 9.18 Å². The van der Waals surface area contributed by atoms with E-state index in [0.717, 1.165) is 39.0 Å². The maximum atomic E-state index is 14.0. The van der Waals surface area contributed by atoms with Gasteiger partial charge in [-0.15, -0.1) is 0 Å². The van der Waals surface area contributed by atoms with Gasteiger partial charge in [-0.25, -0.2) is 4.39 Å². The lowest BCUT2D eigenvalue weighted by molar-refractivity contribution is 0.0559. The molecule has 28 heavy (non-hydrogen) atoms. The number of para-hydroxylation sites is 1. The summed E-state index contributed by atoms with van der Waals surface area (Å²) in [4.78, 5) is 19.6.